The van der Waals surface area contributed by atoms with Gasteiger partial charge in [-0.05, 0) is 43.3 Å². The zero-order valence-corrected chi connectivity index (χ0v) is 15.8. The lowest BCUT2D eigenvalue weighted by Gasteiger charge is -2.31. The van der Waals surface area contributed by atoms with Crippen LogP contribution in [0.25, 0.3) is 0 Å². The van der Waals surface area contributed by atoms with Gasteiger partial charge in [0, 0.05) is 19.0 Å². The number of carbonyl (C=O) groups is 2. The van der Waals surface area contributed by atoms with Gasteiger partial charge in [-0.3, -0.25) is 9.59 Å². The lowest BCUT2D eigenvalue weighted by molar-refractivity contribution is -0.126. The Balaban J connectivity index is 1.36. The summed E-state index contributed by atoms with van der Waals surface area (Å²) in [6, 6.07) is 11.6. The van der Waals surface area contributed by atoms with E-state index in [1.807, 2.05) is 53.6 Å². The van der Waals surface area contributed by atoms with Crippen molar-refractivity contribution in [2.45, 2.75) is 19.8 Å². The summed E-state index contributed by atoms with van der Waals surface area (Å²) in [7, 11) is 0. The molecule has 1 aliphatic rings. The molecule has 0 radical (unpaired) electrons. The Kier molecular flexibility index (Phi) is 6.28. The number of amides is 2. The van der Waals surface area contributed by atoms with Crippen molar-refractivity contribution in [3.8, 4) is 5.75 Å². The molecule has 2 amide bonds. The number of nitrogens with one attached hydrogen (secondary N) is 1. The van der Waals surface area contributed by atoms with E-state index < -0.39 is 0 Å². The fraction of sp³-hybridized carbons (Fsp3) is 0.400. The number of rotatable bonds is 6. The van der Waals surface area contributed by atoms with Gasteiger partial charge < -0.3 is 15.0 Å². The average molecular weight is 372 g/mol. The lowest BCUT2D eigenvalue weighted by atomic mass is 9.96. The molecule has 138 valence electrons. The molecule has 0 aliphatic carbocycles. The molecule has 0 saturated carbocycles. The van der Waals surface area contributed by atoms with Gasteiger partial charge in [-0.25, -0.2) is 0 Å². The molecule has 1 aromatic heterocycles. The van der Waals surface area contributed by atoms with Crippen LogP contribution in [0.15, 0.2) is 41.8 Å². The first-order chi connectivity index (χ1) is 12.6. The number of ether oxygens (including phenoxy) is 1. The normalized spacial score (nSPS) is 14.9. The van der Waals surface area contributed by atoms with E-state index in [1.165, 1.54) is 16.9 Å². The van der Waals surface area contributed by atoms with Crippen LogP contribution >= 0.6 is 11.3 Å². The van der Waals surface area contributed by atoms with Crippen molar-refractivity contribution in [3.63, 3.8) is 0 Å². The predicted molar refractivity (Wildman–Crippen MR) is 103 cm³/mol. The van der Waals surface area contributed by atoms with E-state index >= 15 is 0 Å². The molecule has 2 aromatic rings. The van der Waals surface area contributed by atoms with Crippen molar-refractivity contribution in [2.24, 2.45) is 5.92 Å². The van der Waals surface area contributed by atoms with Crippen LogP contribution in [0.5, 0.6) is 5.75 Å². The first-order valence-corrected chi connectivity index (χ1v) is 9.81. The average Bonchev–Trinajstić information content (AvgIpc) is 3.21. The van der Waals surface area contributed by atoms with E-state index in [4.69, 9.17) is 4.74 Å². The van der Waals surface area contributed by atoms with Crippen LogP contribution in [-0.2, 0) is 4.79 Å². The molecule has 0 spiro atoms. The largest absolute Gasteiger partial charge is 0.492 e. The van der Waals surface area contributed by atoms with Gasteiger partial charge in [0.15, 0.2) is 0 Å². The van der Waals surface area contributed by atoms with Gasteiger partial charge in [-0.2, -0.15) is 0 Å². The molecule has 0 unspecified atom stereocenters. The number of piperidine rings is 1. The third-order valence-electron chi connectivity index (χ3n) is 4.58. The van der Waals surface area contributed by atoms with Gasteiger partial charge >= 0.3 is 0 Å². The Morgan fingerprint density at radius 1 is 1.19 bits per heavy atom. The summed E-state index contributed by atoms with van der Waals surface area (Å²) in [5.74, 6) is 0.915. The van der Waals surface area contributed by atoms with Gasteiger partial charge in [0.05, 0.1) is 11.4 Å². The first kappa shape index (κ1) is 18.5. The maximum atomic E-state index is 12.3. The molecular formula is C20H24N2O3S. The summed E-state index contributed by atoms with van der Waals surface area (Å²) < 4.78 is 5.62. The van der Waals surface area contributed by atoms with Crippen molar-refractivity contribution < 1.29 is 14.3 Å². The number of aryl methyl sites for hydroxylation is 1. The van der Waals surface area contributed by atoms with E-state index in [0.717, 1.165) is 10.6 Å². The van der Waals surface area contributed by atoms with Crippen LogP contribution in [-0.4, -0.2) is 43.0 Å². The van der Waals surface area contributed by atoms with Crippen LogP contribution < -0.4 is 10.1 Å². The Labute approximate surface area is 158 Å². The first-order valence-electron chi connectivity index (χ1n) is 8.93. The molecule has 1 N–H and O–H groups in total. The summed E-state index contributed by atoms with van der Waals surface area (Å²) in [6.07, 6.45) is 1.42. The van der Waals surface area contributed by atoms with E-state index in [1.54, 1.807) is 0 Å². The van der Waals surface area contributed by atoms with E-state index in [0.29, 0.717) is 39.1 Å². The minimum absolute atomic E-state index is 0.0261. The molecule has 0 atom stereocenters. The predicted octanol–water partition coefficient (Wildman–Crippen LogP) is 3.10. The summed E-state index contributed by atoms with van der Waals surface area (Å²) in [5.41, 5.74) is 1.19. The summed E-state index contributed by atoms with van der Waals surface area (Å²) in [6.45, 7) is 4.23. The van der Waals surface area contributed by atoms with Crippen molar-refractivity contribution in [2.75, 3.05) is 26.2 Å². The SMILES string of the molecule is Cc1ccc(OCCNC(=O)C2CCN(C(=O)c3cccs3)CC2)cc1. The third-order valence-corrected chi connectivity index (χ3v) is 5.43. The number of carbonyl (C=O) groups excluding carboxylic acids is 2. The summed E-state index contributed by atoms with van der Waals surface area (Å²) >= 11 is 1.46. The zero-order valence-electron chi connectivity index (χ0n) is 14.9. The topological polar surface area (TPSA) is 58.6 Å². The van der Waals surface area contributed by atoms with Gasteiger partial charge in [0.25, 0.3) is 5.91 Å². The molecule has 1 saturated heterocycles. The van der Waals surface area contributed by atoms with Gasteiger partial charge in [-0.15, -0.1) is 11.3 Å². The highest BCUT2D eigenvalue weighted by atomic mass is 32.1. The minimum atomic E-state index is -0.0261. The molecule has 3 rings (SSSR count). The van der Waals surface area contributed by atoms with Crippen LogP contribution in [0.2, 0.25) is 0 Å². The molecule has 0 bridgehead atoms. The standard InChI is InChI=1S/C20H24N2O3S/c1-15-4-6-17(7-5-15)25-13-10-21-19(23)16-8-11-22(12-9-16)20(24)18-3-2-14-26-18/h2-7,14,16H,8-13H2,1H3,(H,21,23). The smallest absolute Gasteiger partial charge is 0.263 e. The lowest BCUT2D eigenvalue weighted by Crippen LogP contribution is -2.43. The van der Waals surface area contributed by atoms with E-state index in [-0.39, 0.29) is 17.7 Å². The Hall–Kier alpha value is -2.34. The molecule has 1 aliphatic heterocycles. The van der Waals surface area contributed by atoms with Gasteiger partial charge in [0.1, 0.15) is 12.4 Å². The van der Waals surface area contributed by atoms with E-state index in [9.17, 15) is 9.59 Å². The van der Waals surface area contributed by atoms with Crippen molar-refractivity contribution in [1.29, 1.82) is 0 Å². The van der Waals surface area contributed by atoms with Crippen molar-refractivity contribution in [1.82, 2.24) is 10.2 Å². The molecule has 6 heteroatoms. The molecular weight excluding hydrogens is 348 g/mol. The molecule has 1 fully saturated rings. The van der Waals surface area contributed by atoms with E-state index in [2.05, 4.69) is 5.32 Å². The molecule has 1 aromatic carbocycles. The monoisotopic (exact) mass is 372 g/mol. The maximum Gasteiger partial charge on any atom is 0.263 e. The number of thiophene rings is 1. The van der Waals surface area contributed by atoms with Crippen LogP contribution in [0.4, 0.5) is 0 Å². The fourth-order valence-corrected chi connectivity index (χ4v) is 3.71. The molecule has 26 heavy (non-hydrogen) atoms. The second-order valence-corrected chi connectivity index (χ2v) is 7.44. The van der Waals surface area contributed by atoms with Gasteiger partial charge in [0.2, 0.25) is 5.91 Å². The molecule has 5 nitrogen and oxygen atoms in total. The highest BCUT2D eigenvalue weighted by molar-refractivity contribution is 7.12. The van der Waals surface area contributed by atoms with Crippen LogP contribution in [0.3, 0.4) is 0 Å². The fourth-order valence-electron chi connectivity index (χ4n) is 3.02. The summed E-state index contributed by atoms with van der Waals surface area (Å²) in [4.78, 5) is 27.2. The zero-order chi connectivity index (χ0) is 18.4. The molecule has 2 heterocycles. The highest BCUT2D eigenvalue weighted by Crippen LogP contribution is 2.21. The number of benzene rings is 1. The van der Waals surface area contributed by atoms with Crippen molar-refractivity contribution in [3.05, 3.63) is 52.2 Å². The highest BCUT2D eigenvalue weighted by Gasteiger charge is 2.27. The second kappa shape index (κ2) is 8.85. The third kappa shape index (κ3) is 4.85. The number of likely N-dealkylation sites (tertiary alicyclic amines) is 1. The quantitative estimate of drug-likeness (QED) is 0.793. The Morgan fingerprint density at radius 3 is 2.58 bits per heavy atom. The Bertz CT molecular complexity index is 720. The van der Waals surface area contributed by atoms with Crippen LogP contribution in [0, 0.1) is 12.8 Å². The maximum absolute atomic E-state index is 12.3. The second-order valence-electron chi connectivity index (χ2n) is 6.50. The van der Waals surface area contributed by atoms with Gasteiger partial charge in [-0.1, -0.05) is 23.8 Å². The Morgan fingerprint density at radius 2 is 1.92 bits per heavy atom. The summed E-state index contributed by atoms with van der Waals surface area (Å²) in [5, 5.41) is 4.85. The number of hydrogen-bond acceptors (Lipinski definition) is 4. The number of nitrogens with zero attached hydrogens (tertiary/aromatic N) is 1. The minimum Gasteiger partial charge on any atom is -0.492 e. The van der Waals surface area contributed by atoms with Crippen molar-refractivity contribution >= 4 is 23.2 Å². The van der Waals surface area contributed by atoms with Crippen LogP contribution in [0.1, 0.15) is 28.1 Å². The number of hydrogen-bond donors (Lipinski definition) is 1.